The van der Waals surface area contributed by atoms with Gasteiger partial charge in [-0.15, -0.1) is 0 Å². The molecule has 0 amide bonds. The van der Waals surface area contributed by atoms with E-state index in [0.29, 0.717) is 23.0 Å². The van der Waals surface area contributed by atoms with Crippen molar-refractivity contribution in [2.45, 2.75) is 6.92 Å². The normalized spacial score (nSPS) is 10.2. The van der Waals surface area contributed by atoms with Crippen LogP contribution in [0, 0.1) is 6.92 Å². The van der Waals surface area contributed by atoms with Crippen LogP contribution in [0.15, 0.2) is 54.9 Å². The van der Waals surface area contributed by atoms with E-state index in [1.165, 1.54) is 6.33 Å². The SMILES string of the molecule is COc1ccccc1Oc1ncnc(Nc2cccc(C)c2)c1N. The second kappa shape index (κ2) is 6.87. The number of para-hydroxylation sites is 2. The van der Waals surface area contributed by atoms with Gasteiger partial charge >= 0.3 is 0 Å². The van der Waals surface area contributed by atoms with Crippen LogP contribution >= 0.6 is 0 Å². The Morgan fingerprint density at radius 2 is 1.79 bits per heavy atom. The maximum Gasteiger partial charge on any atom is 0.248 e. The molecule has 0 radical (unpaired) electrons. The van der Waals surface area contributed by atoms with E-state index in [-0.39, 0.29) is 5.88 Å². The van der Waals surface area contributed by atoms with Gasteiger partial charge in [0.05, 0.1) is 7.11 Å². The topological polar surface area (TPSA) is 82.3 Å². The molecule has 0 bridgehead atoms. The molecule has 0 unspecified atom stereocenters. The number of hydrogen-bond acceptors (Lipinski definition) is 6. The predicted molar refractivity (Wildman–Crippen MR) is 94.0 cm³/mol. The molecule has 0 atom stereocenters. The predicted octanol–water partition coefficient (Wildman–Crippen LogP) is 3.91. The second-order valence-electron chi connectivity index (χ2n) is 5.19. The highest BCUT2D eigenvalue weighted by molar-refractivity contribution is 5.72. The van der Waals surface area contributed by atoms with E-state index < -0.39 is 0 Å². The lowest BCUT2D eigenvalue weighted by Gasteiger charge is -2.13. The smallest absolute Gasteiger partial charge is 0.248 e. The van der Waals surface area contributed by atoms with Crippen molar-refractivity contribution in [2.24, 2.45) is 0 Å². The molecule has 0 aliphatic carbocycles. The average molecular weight is 322 g/mol. The zero-order valence-electron chi connectivity index (χ0n) is 13.5. The molecule has 0 saturated heterocycles. The summed E-state index contributed by atoms with van der Waals surface area (Å²) in [5.74, 6) is 1.89. The first-order chi connectivity index (χ1) is 11.7. The Labute approximate surface area is 140 Å². The molecule has 0 aliphatic rings. The van der Waals surface area contributed by atoms with Crippen LogP contribution in [-0.2, 0) is 0 Å². The first-order valence-corrected chi connectivity index (χ1v) is 7.42. The molecule has 0 fully saturated rings. The third kappa shape index (κ3) is 3.38. The number of anilines is 3. The van der Waals surface area contributed by atoms with Crippen molar-refractivity contribution in [3.8, 4) is 17.4 Å². The quantitative estimate of drug-likeness (QED) is 0.741. The van der Waals surface area contributed by atoms with Gasteiger partial charge in [0.15, 0.2) is 17.3 Å². The number of rotatable bonds is 5. The third-order valence-electron chi connectivity index (χ3n) is 3.40. The lowest BCUT2D eigenvalue weighted by Crippen LogP contribution is -2.03. The first-order valence-electron chi connectivity index (χ1n) is 7.42. The van der Waals surface area contributed by atoms with Crippen LogP contribution < -0.4 is 20.5 Å². The summed E-state index contributed by atoms with van der Waals surface area (Å²) >= 11 is 0. The number of ether oxygens (including phenoxy) is 2. The van der Waals surface area contributed by atoms with Gasteiger partial charge in [-0.25, -0.2) is 4.98 Å². The van der Waals surface area contributed by atoms with Gasteiger partial charge in [-0.2, -0.15) is 4.98 Å². The van der Waals surface area contributed by atoms with Crippen LogP contribution in [-0.4, -0.2) is 17.1 Å². The van der Waals surface area contributed by atoms with Crippen molar-refractivity contribution in [2.75, 3.05) is 18.2 Å². The molecule has 0 spiro atoms. The minimum atomic E-state index is 0.268. The summed E-state index contributed by atoms with van der Waals surface area (Å²) in [6, 6.07) is 15.2. The Hall–Kier alpha value is -3.28. The molecule has 2 aromatic carbocycles. The summed E-state index contributed by atoms with van der Waals surface area (Å²) in [7, 11) is 1.58. The summed E-state index contributed by atoms with van der Waals surface area (Å²) < 4.78 is 11.1. The van der Waals surface area contributed by atoms with Gasteiger partial charge in [-0.3, -0.25) is 0 Å². The maximum atomic E-state index is 6.16. The first kappa shape index (κ1) is 15.6. The number of nitrogen functional groups attached to an aromatic ring is 1. The third-order valence-corrected chi connectivity index (χ3v) is 3.40. The Morgan fingerprint density at radius 1 is 1.00 bits per heavy atom. The number of nitrogens with two attached hydrogens (primary N) is 1. The molecule has 1 aromatic heterocycles. The number of aryl methyl sites for hydroxylation is 1. The van der Waals surface area contributed by atoms with Crippen LogP contribution in [0.1, 0.15) is 5.56 Å². The Morgan fingerprint density at radius 3 is 2.54 bits per heavy atom. The van der Waals surface area contributed by atoms with Crippen molar-refractivity contribution in [3.63, 3.8) is 0 Å². The number of nitrogens with zero attached hydrogens (tertiary/aromatic N) is 2. The number of methoxy groups -OCH3 is 1. The molecule has 24 heavy (non-hydrogen) atoms. The number of benzene rings is 2. The number of hydrogen-bond donors (Lipinski definition) is 2. The van der Waals surface area contributed by atoms with Crippen molar-refractivity contribution < 1.29 is 9.47 Å². The summed E-state index contributed by atoms with van der Waals surface area (Å²) in [6.07, 6.45) is 1.40. The zero-order chi connectivity index (χ0) is 16.9. The van der Waals surface area contributed by atoms with E-state index in [9.17, 15) is 0 Å². The molecular formula is C18H18N4O2. The lowest BCUT2D eigenvalue weighted by atomic mass is 10.2. The molecule has 6 nitrogen and oxygen atoms in total. The Balaban J connectivity index is 1.88. The van der Waals surface area contributed by atoms with E-state index >= 15 is 0 Å². The van der Waals surface area contributed by atoms with Gasteiger partial charge in [0.1, 0.15) is 12.0 Å². The van der Waals surface area contributed by atoms with Gasteiger partial charge < -0.3 is 20.5 Å². The highest BCUT2D eigenvalue weighted by atomic mass is 16.5. The average Bonchev–Trinajstić information content (AvgIpc) is 2.59. The fraction of sp³-hybridized carbons (Fsp3) is 0.111. The fourth-order valence-electron chi connectivity index (χ4n) is 2.23. The van der Waals surface area contributed by atoms with E-state index in [2.05, 4.69) is 15.3 Å². The van der Waals surface area contributed by atoms with Gasteiger partial charge in [-0.05, 0) is 36.8 Å². The molecule has 3 aromatic rings. The van der Waals surface area contributed by atoms with E-state index in [0.717, 1.165) is 11.3 Å². The molecule has 122 valence electrons. The minimum Gasteiger partial charge on any atom is -0.493 e. The summed E-state index contributed by atoms with van der Waals surface area (Å²) in [6.45, 7) is 2.02. The van der Waals surface area contributed by atoms with Crippen LogP contribution in [0.25, 0.3) is 0 Å². The highest BCUT2D eigenvalue weighted by Crippen LogP contribution is 2.35. The summed E-state index contributed by atoms with van der Waals surface area (Å²) in [5.41, 5.74) is 8.51. The van der Waals surface area contributed by atoms with Crippen LogP contribution in [0.3, 0.4) is 0 Å². The molecular weight excluding hydrogens is 304 g/mol. The van der Waals surface area contributed by atoms with Gasteiger partial charge in [0.2, 0.25) is 5.88 Å². The second-order valence-corrected chi connectivity index (χ2v) is 5.19. The van der Waals surface area contributed by atoms with Crippen molar-refractivity contribution in [1.82, 2.24) is 9.97 Å². The maximum absolute atomic E-state index is 6.16. The number of nitrogens with one attached hydrogen (secondary N) is 1. The van der Waals surface area contributed by atoms with Crippen molar-refractivity contribution >= 4 is 17.2 Å². The van der Waals surface area contributed by atoms with Crippen LogP contribution in [0.4, 0.5) is 17.2 Å². The molecule has 0 saturated carbocycles. The summed E-state index contributed by atoms with van der Waals surface area (Å²) in [5, 5.41) is 3.18. The number of aromatic nitrogens is 2. The van der Waals surface area contributed by atoms with E-state index in [1.807, 2.05) is 43.3 Å². The molecule has 3 N–H and O–H groups in total. The minimum absolute atomic E-state index is 0.268. The fourth-order valence-corrected chi connectivity index (χ4v) is 2.23. The van der Waals surface area contributed by atoms with E-state index in [1.54, 1.807) is 19.2 Å². The van der Waals surface area contributed by atoms with Crippen molar-refractivity contribution in [1.29, 1.82) is 0 Å². The summed E-state index contributed by atoms with van der Waals surface area (Å²) in [4.78, 5) is 8.30. The molecule has 6 heteroatoms. The van der Waals surface area contributed by atoms with Crippen LogP contribution in [0.5, 0.6) is 17.4 Å². The lowest BCUT2D eigenvalue weighted by molar-refractivity contribution is 0.374. The van der Waals surface area contributed by atoms with Gasteiger partial charge in [-0.1, -0.05) is 24.3 Å². The Kier molecular flexibility index (Phi) is 4.47. The largest absolute Gasteiger partial charge is 0.493 e. The van der Waals surface area contributed by atoms with Crippen molar-refractivity contribution in [3.05, 3.63) is 60.4 Å². The molecule has 1 heterocycles. The zero-order valence-corrected chi connectivity index (χ0v) is 13.5. The molecule has 0 aliphatic heterocycles. The molecule has 3 rings (SSSR count). The Bertz CT molecular complexity index is 852. The van der Waals surface area contributed by atoms with Gasteiger partial charge in [0.25, 0.3) is 0 Å². The van der Waals surface area contributed by atoms with E-state index in [4.69, 9.17) is 15.2 Å². The monoisotopic (exact) mass is 322 g/mol. The van der Waals surface area contributed by atoms with Crippen LogP contribution in [0.2, 0.25) is 0 Å². The highest BCUT2D eigenvalue weighted by Gasteiger charge is 2.13. The van der Waals surface area contributed by atoms with Gasteiger partial charge in [0, 0.05) is 5.69 Å². The standard InChI is InChI=1S/C18H18N4O2/c1-12-6-5-7-13(10-12)22-17-16(19)18(21-11-20-17)24-15-9-4-3-8-14(15)23-2/h3-11H,19H2,1-2H3,(H,20,21,22).